The number of aromatic nitrogens is 2. The van der Waals surface area contributed by atoms with Crippen LogP contribution in [-0.2, 0) is 23.4 Å². The summed E-state index contributed by atoms with van der Waals surface area (Å²) in [5.41, 5.74) is 1.62. The van der Waals surface area contributed by atoms with Crippen LogP contribution in [0.15, 0.2) is 22.8 Å². The van der Waals surface area contributed by atoms with Crippen LogP contribution in [0.2, 0.25) is 0 Å². The first kappa shape index (κ1) is 18.3. The van der Waals surface area contributed by atoms with E-state index in [1.54, 1.807) is 19.1 Å². The Morgan fingerprint density at radius 2 is 2.17 bits per heavy atom. The Morgan fingerprint density at radius 3 is 2.75 bits per heavy atom. The summed E-state index contributed by atoms with van der Waals surface area (Å²) in [4.78, 5) is 12.3. The zero-order chi connectivity index (χ0) is 17.9. The molecule has 0 radical (unpaired) electrons. The van der Waals surface area contributed by atoms with Crippen molar-refractivity contribution in [3.8, 4) is 0 Å². The maximum atomic E-state index is 12.3. The standard InChI is InChI=1S/C18H27N3O3/c1-12(2)10-21-14(4)15(13(3)20-21)9-17(22)19-11-18(5,23)16-7-6-8-24-16/h6-8,12,23H,9-11H2,1-5H3,(H,19,22). The third-order valence-corrected chi connectivity index (χ3v) is 4.09. The van der Waals surface area contributed by atoms with Gasteiger partial charge in [-0.15, -0.1) is 0 Å². The monoisotopic (exact) mass is 333 g/mol. The van der Waals surface area contributed by atoms with Gasteiger partial charge in [-0.25, -0.2) is 0 Å². The van der Waals surface area contributed by atoms with Crippen molar-refractivity contribution in [1.82, 2.24) is 15.1 Å². The molecular formula is C18H27N3O3. The zero-order valence-electron chi connectivity index (χ0n) is 15.1. The molecule has 132 valence electrons. The molecule has 0 bridgehead atoms. The van der Waals surface area contributed by atoms with E-state index in [2.05, 4.69) is 24.3 Å². The third-order valence-electron chi connectivity index (χ3n) is 4.09. The van der Waals surface area contributed by atoms with Gasteiger partial charge in [-0.2, -0.15) is 5.10 Å². The predicted molar refractivity (Wildman–Crippen MR) is 91.5 cm³/mol. The fraction of sp³-hybridized carbons (Fsp3) is 0.556. The SMILES string of the molecule is Cc1nn(CC(C)C)c(C)c1CC(=O)NCC(C)(O)c1ccco1. The second-order valence-corrected chi connectivity index (χ2v) is 6.93. The van der Waals surface area contributed by atoms with Gasteiger partial charge in [0, 0.05) is 17.8 Å². The second kappa shape index (κ2) is 7.21. The minimum Gasteiger partial charge on any atom is -0.466 e. The maximum Gasteiger partial charge on any atom is 0.224 e. The summed E-state index contributed by atoms with van der Waals surface area (Å²) >= 11 is 0. The van der Waals surface area contributed by atoms with Crippen LogP contribution in [0.1, 0.15) is 43.5 Å². The Labute approximate surface area is 142 Å². The van der Waals surface area contributed by atoms with Crippen LogP contribution < -0.4 is 5.32 Å². The second-order valence-electron chi connectivity index (χ2n) is 6.93. The van der Waals surface area contributed by atoms with Crippen molar-refractivity contribution in [2.75, 3.05) is 6.54 Å². The van der Waals surface area contributed by atoms with Crippen molar-refractivity contribution >= 4 is 5.91 Å². The van der Waals surface area contributed by atoms with Gasteiger partial charge in [0.2, 0.25) is 5.91 Å². The van der Waals surface area contributed by atoms with Gasteiger partial charge in [-0.1, -0.05) is 13.8 Å². The normalized spacial score (nSPS) is 14.0. The topological polar surface area (TPSA) is 80.3 Å². The number of aliphatic hydroxyl groups is 1. The summed E-state index contributed by atoms with van der Waals surface area (Å²) < 4.78 is 7.17. The summed E-state index contributed by atoms with van der Waals surface area (Å²) in [6.45, 7) is 10.7. The van der Waals surface area contributed by atoms with Gasteiger partial charge in [0.15, 0.2) is 0 Å². The molecule has 0 aromatic carbocycles. The average molecular weight is 333 g/mol. The number of nitrogens with one attached hydrogen (secondary N) is 1. The third kappa shape index (κ3) is 4.26. The van der Waals surface area contributed by atoms with Crippen LogP contribution >= 0.6 is 0 Å². The number of carbonyl (C=O) groups excluding carboxylic acids is 1. The minimum atomic E-state index is -1.23. The Balaban J connectivity index is 1.99. The van der Waals surface area contributed by atoms with Gasteiger partial charge < -0.3 is 14.8 Å². The lowest BCUT2D eigenvalue weighted by Crippen LogP contribution is -2.39. The number of aryl methyl sites for hydroxylation is 1. The predicted octanol–water partition coefficient (Wildman–Crippen LogP) is 2.32. The first-order chi connectivity index (χ1) is 11.2. The fourth-order valence-electron chi connectivity index (χ4n) is 2.68. The number of carbonyl (C=O) groups is 1. The van der Waals surface area contributed by atoms with Crippen molar-refractivity contribution in [2.24, 2.45) is 5.92 Å². The highest BCUT2D eigenvalue weighted by Crippen LogP contribution is 2.20. The first-order valence-corrected chi connectivity index (χ1v) is 8.26. The van der Waals surface area contributed by atoms with Crippen molar-refractivity contribution in [2.45, 2.75) is 53.2 Å². The van der Waals surface area contributed by atoms with E-state index in [0.29, 0.717) is 11.7 Å². The average Bonchev–Trinajstić information content (AvgIpc) is 3.10. The Kier molecular flexibility index (Phi) is 5.49. The molecule has 2 aromatic rings. The molecule has 2 aromatic heterocycles. The lowest BCUT2D eigenvalue weighted by molar-refractivity contribution is -0.121. The molecule has 0 fully saturated rings. The van der Waals surface area contributed by atoms with Crippen LogP contribution in [0.3, 0.4) is 0 Å². The van der Waals surface area contributed by atoms with Crippen LogP contribution in [0.4, 0.5) is 0 Å². The van der Waals surface area contributed by atoms with Gasteiger partial charge in [-0.3, -0.25) is 9.48 Å². The van der Waals surface area contributed by atoms with Gasteiger partial charge in [-0.05, 0) is 38.8 Å². The molecule has 0 aliphatic heterocycles. The molecular weight excluding hydrogens is 306 g/mol. The van der Waals surface area contributed by atoms with Crippen molar-refractivity contribution in [1.29, 1.82) is 0 Å². The van der Waals surface area contributed by atoms with E-state index in [1.165, 1.54) is 6.26 Å². The summed E-state index contributed by atoms with van der Waals surface area (Å²) in [6.07, 6.45) is 1.76. The van der Waals surface area contributed by atoms with E-state index in [9.17, 15) is 9.90 Å². The summed E-state index contributed by atoms with van der Waals surface area (Å²) in [6, 6.07) is 3.40. The molecule has 1 atom stereocenters. The quantitative estimate of drug-likeness (QED) is 0.815. The molecule has 1 amide bonds. The minimum absolute atomic E-state index is 0.0948. The molecule has 0 aliphatic rings. The van der Waals surface area contributed by atoms with Crippen molar-refractivity contribution in [3.05, 3.63) is 41.1 Å². The Hall–Kier alpha value is -2.08. The number of amides is 1. The zero-order valence-corrected chi connectivity index (χ0v) is 15.1. The maximum absolute atomic E-state index is 12.3. The molecule has 24 heavy (non-hydrogen) atoms. The molecule has 1 unspecified atom stereocenters. The number of hydrogen-bond donors (Lipinski definition) is 2. The summed E-state index contributed by atoms with van der Waals surface area (Å²) in [5.74, 6) is 0.783. The van der Waals surface area contributed by atoms with E-state index < -0.39 is 5.60 Å². The van der Waals surface area contributed by atoms with Crippen molar-refractivity contribution < 1.29 is 14.3 Å². The van der Waals surface area contributed by atoms with Gasteiger partial charge in [0.25, 0.3) is 0 Å². The first-order valence-electron chi connectivity index (χ1n) is 8.26. The Bertz CT molecular complexity index is 685. The van der Waals surface area contributed by atoms with Crippen LogP contribution in [-0.4, -0.2) is 27.3 Å². The number of nitrogens with zero attached hydrogens (tertiary/aromatic N) is 2. The fourth-order valence-corrected chi connectivity index (χ4v) is 2.68. The van der Waals surface area contributed by atoms with Gasteiger partial charge in [0.1, 0.15) is 11.4 Å². The van der Waals surface area contributed by atoms with E-state index in [4.69, 9.17) is 4.42 Å². The lowest BCUT2D eigenvalue weighted by atomic mass is 10.0. The lowest BCUT2D eigenvalue weighted by Gasteiger charge is -2.21. The molecule has 6 nitrogen and oxygen atoms in total. The summed E-state index contributed by atoms with van der Waals surface area (Å²) in [5, 5.41) is 17.7. The van der Waals surface area contributed by atoms with Gasteiger partial charge >= 0.3 is 0 Å². The van der Waals surface area contributed by atoms with E-state index >= 15 is 0 Å². The van der Waals surface area contributed by atoms with Crippen LogP contribution in [0.5, 0.6) is 0 Å². The largest absolute Gasteiger partial charge is 0.466 e. The number of rotatable bonds is 7. The number of hydrogen-bond acceptors (Lipinski definition) is 4. The molecule has 0 aliphatic carbocycles. The Morgan fingerprint density at radius 1 is 1.46 bits per heavy atom. The molecule has 6 heteroatoms. The molecule has 2 N–H and O–H groups in total. The highest BCUT2D eigenvalue weighted by atomic mass is 16.4. The molecule has 2 heterocycles. The van der Waals surface area contributed by atoms with Crippen LogP contribution in [0.25, 0.3) is 0 Å². The molecule has 0 spiro atoms. The highest BCUT2D eigenvalue weighted by molar-refractivity contribution is 5.79. The molecule has 2 rings (SSSR count). The van der Waals surface area contributed by atoms with Crippen molar-refractivity contribution in [3.63, 3.8) is 0 Å². The molecule has 0 saturated carbocycles. The summed E-state index contributed by atoms with van der Waals surface area (Å²) in [7, 11) is 0. The van der Waals surface area contributed by atoms with Gasteiger partial charge in [0.05, 0.1) is 24.9 Å². The van der Waals surface area contributed by atoms with Crippen LogP contribution in [0, 0.1) is 19.8 Å². The highest BCUT2D eigenvalue weighted by Gasteiger charge is 2.27. The number of furan rings is 1. The van der Waals surface area contributed by atoms with E-state index in [0.717, 1.165) is 23.5 Å². The smallest absolute Gasteiger partial charge is 0.224 e. The molecule has 0 saturated heterocycles. The van der Waals surface area contributed by atoms with E-state index in [-0.39, 0.29) is 18.9 Å². The van der Waals surface area contributed by atoms with E-state index in [1.807, 2.05) is 18.5 Å².